The summed E-state index contributed by atoms with van der Waals surface area (Å²) in [5.41, 5.74) is -1.34. The standard InChI is InChI=1S/C19H26O9/c1-19(2,18(22)23-3)13-12-14(20)16-17(15(13)21)28-11-9-26-7-5-24-4-6-25-8-10-27-16/h12H,4-11H2,1-3H3. The van der Waals surface area contributed by atoms with Gasteiger partial charge in [-0.3, -0.25) is 14.4 Å². The zero-order valence-electron chi connectivity index (χ0n) is 16.4. The highest BCUT2D eigenvalue weighted by molar-refractivity contribution is 6.23. The Balaban J connectivity index is 2.24. The number of allylic oxidation sites excluding steroid dienone is 2. The molecule has 0 spiro atoms. The van der Waals surface area contributed by atoms with Gasteiger partial charge in [0.2, 0.25) is 23.1 Å². The first-order chi connectivity index (χ1) is 13.4. The molecule has 0 aromatic heterocycles. The van der Waals surface area contributed by atoms with E-state index in [9.17, 15) is 14.4 Å². The van der Waals surface area contributed by atoms with E-state index in [1.54, 1.807) is 0 Å². The average molecular weight is 398 g/mol. The van der Waals surface area contributed by atoms with Gasteiger partial charge in [-0.05, 0) is 19.9 Å². The van der Waals surface area contributed by atoms with E-state index in [4.69, 9.17) is 28.4 Å². The van der Waals surface area contributed by atoms with Gasteiger partial charge in [0.15, 0.2) is 0 Å². The molecule has 0 bridgehead atoms. The molecule has 0 saturated carbocycles. The van der Waals surface area contributed by atoms with E-state index in [1.807, 2.05) is 0 Å². The Morgan fingerprint density at radius 3 is 1.82 bits per heavy atom. The maximum Gasteiger partial charge on any atom is 0.315 e. The summed E-state index contributed by atoms with van der Waals surface area (Å²) in [6, 6.07) is 0. The second kappa shape index (κ2) is 10.4. The molecule has 9 nitrogen and oxygen atoms in total. The minimum Gasteiger partial charge on any atom is -0.484 e. The molecule has 0 aromatic carbocycles. The Morgan fingerprint density at radius 2 is 1.32 bits per heavy atom. The first-order valence-corrected chi connectivity index (χ1v) is 9.02. The van der Waals surface area contributed by atoms with Gasteiger partial charge in [0.1, 0.15) is 13.2 Å². The predicted molar refractivity (Wildman–Crippen MR) is 95.3 cm³/mol. The molecule has 0 N–H and O–H groups in total. The minimum atomic E-state index is -1.32. The van der Waals surface area contributed by atoms with Gasteiger partial charge in [0.25, 0.3) is 0 Å². The number of esters is 1. The number of rotatable bonds is 2. The number of ketones is 2. The molecular weight excluding hydrogens is 372 g/mol. The maximum atomic E-state index is 13.0. The van der Waals surface area contributed by atoms with Crippen molar-refractivity contribution in [2.75, 3.05) is 60.0 Å². The number of carbonyl (C=O) groups excluding carboxylic acids is 3. The van der Waals surface area contributed by atoms with Crippen molar-refractivity contribution in [3.8, 4) is 0 Å². The van der Waals surface area contributed by atoms with E-state index in [2.05, 4.69) is 0 Å². The second-order valence-corrected chi connectivity index (χ2v) is 6.56. The number of methoxy groups -OCH3 is 1. The maximum absolute atomic E-state index is 13.0. The Bertz CT molecular complexity index is 660. The summed E-state index contributed by atoms with van der Waals surface area (Å²) in [6.45, 7) is 5.06. The topological polar surface area (TPSA) is 107 Å². The van der Waals surface area contributed by atoms with Crippen molar-refractivity contribution in [3.05, 3.63) is 23.2 Å². The SMILES string of the molecule is COC(=O)C(C)(C)C1=CC(=O)C2=C(OCCOCCOCCOCCO2)C1=O. The Hall–Kier alpha value is -2.23. The van der Waals surface area contributed by atoms with Crippen molar-refractivity contribution in [3.63, 3.8) is 0 Å². The molecule has 1 aliphatic carbocycles. The lowest BCUT2D eigenvalue weighted by Gasteiger charge is -2.27. The smallest absolute Gasteiger partial charge is 0.315 e. The molecule has 0 fully saturated rings. The molecule has 1 heterocycles. The number of carbonyl (C=O) groups is 3. The van der Waals surface area contributed by atoms with E-state index < -0.39 is 23.0 Å². The van der Waals surface area contributed by atoms with Crippen molar-refractivity contribution in [2.45, 2.75) is 13.8 Å². The third-order valence-corrected chi connectivity index (χ3v) is 4.22. The Morgan fingerprint density at radius 1 is 0.857 bits per heavy atom. The monoisotopic (exact) mass is 398 g/mol. The van der Waals surface area contributed by atoms with Crippen LogP contribution in [0.4, 0.5) is 0 Å². The van der Waals surface area contributed by atoms with Crippen LogP contribution < -0.4 is 0 Å². The molecule has 0 unspecified atom stereocenters. The third-order valence-electron chi connectivity index (χ3n) is 4.22. The van der Waals surface area contributed by atoms with E-state index >= 15 is 0 Å². The lowest BCUT2D eigenvalue weighted by molar-refractivity contribution is -0.149. The highest BCUT2D eigenvalue weighted by atomic mass is 16.6. The Kier molecular flexibility index (Phi) is 8.16. The quantitative estimate of drug-likeness (QED) is 0.487. The van der Waals surface area contributed by atoms with E-state index in [0.717, 1.165) is 6.08 Å². The summed E-state index contributed by atoms with van der Waals surface area (Å²) in [5, 5.41) is 0. The fourth-order valence-corrected chi connectivity index (χ4v) is 2.64. The highest BCUT2D eigenvalue weighted by Gasteiger charge is 2.43. The molecule has 2 aliphatic rings. The summed E-state index contributed by atoms with van der Waals surface area (Å²) in [7, 11) is 1.22. The van der Waals surface area contributed by atoms with E-state index in [0.29, 0.717) is 26.4 Å². The van der Waals surface area contributed by atoms with Crippen LogP contribution in [-0.4, -0.2) is 77.5 Å². The van der Waals surface area contributed by atoms with E-state index in [-0.39, 0.29) is 43.5 Å². The molecule has 2 rings (SSSR count). The van der Waals surface area contributed by atoms with Gasteiger partial charge in [-0.1, -0.05) is 0 Å². The van der Waals surface area contributed by atoms with Crippen LogP contribution in [0, 0.1) is 5.41 Å². The van der Waals surface area contributed by atoms with Crippen molar-refractivity contribution in [1.29, 1.82) is 0 Å². The molecule has 0 amide bonds. The van der Waals surface area contributed by atoms with Gasteiger partial charge in [-0.25, -0.2) is 0 Å². The summed E-state index contributed by atoms with van der Waals surface area (Å²) >= 11 is 0. The largest absolute Gasteiger partial charge is 0.484 e. The fraction of sp³-hybridized carbons (Fsp3) is 0.632. The van der Waals surface area contributed by atoms with Crippen LogP contribution in [0.3, 0.4) is 0 Å². The van der Waals surface area contributed by atoms with Gasteiger partial charge >= 0.3 is 5.97 Å². The summed E-state index contributed by atoms with van der Waals surface area (Å²) < 4.78 is 31.8. The molecular formula is C19H26O9. The van der Waals surface area contributed by atoms with Crippen molar-refractivity contribution >= 4 is 17.5 Å². The molecule has 1 aliphatic heterocycles. The molecule has 0 atom stereocenters. The van der Waals surface area contributed by atoms with Crippen LogP contribution >= 0.6 is 0 Å². The fourth-order valence-electron chi connectivity index (χ4n) is 2.64. The number of Topliss-reactive ketones (excluding diaryl/α,β-unsaturated/α-hetero) is 1. The van der Waals surface area contributed by atoms with Crippen LogP contribution in [0.5, 0.6) is 0 Å². The second-order valence-electron chi connectivity index (χ2n) is 6.56. The van der Waals surface area contributed by atoms with Crippen molar-refractivity contribution < 1.29 is 42.8 Å². The van der Waals surface area contributed by atoms with Crippen LogP contribution in [0.15, 0.2) is 23.2 Å². The van der Waals surface area contributed by atoms with Gasteiger partial charge in [-0.2, -0.15) is 0 Å². The lowest BCUT2D eigenvalue weighted by Crippen LogP contribution is -2.36. The predicted octanol–water partition coefficient (Wildman–Crippen LogP) is 0.572. The van der Waals surface area contributed by atoms with Gasteiger partial charge in [-0.15, -0.1) is 0 Å². The minimum absolute atomic E-state index is 0.0183. The summed E-state index contributed by atoms with van der Waals surface area (Å²) in [5.74, 6) is -2.24. The Labute approximate surface area is 163 Å². The first kappa shape index (κ1) is 22.1. The number of hydrogen-bond donors (Lipinski definition) is 0. The zero-order chi connectivity index (χ0) is 20.6. The van der Waals surface area contributed by atoms with E-state index in [1.165, 1.54) is 21.0 Å². The lowest BCUT2D eigenvalue weighted by atomic mass is 9.78. The molecule has 156 valence electrons. The van der Waals surface area contributed by atoms with Crippen LogP contribution in [0.25, 0.3) is 0 Å². The van der Waals surface area contributed by atoms with Crippen molar-refractivity contribution in [1.82, 2.24) is 0 Å². The van der Waals surface area contributed by atoms with Gasteiger partial charge < -0.3 is 28.4 Å². The van der Waals surface area contributed by atoms with Gasteiger partial charge in [0.05, 0.1) is 52.2 Å². The molecule has 9 heteroatoms. The number of ether oxygens (including phenoxy) is 6. The van der Waals surface area contributed by atoms with Crippen LogP contribution in [0.1, 0.15) is 13.8 Å². The zero-order valence-corrected chi connectivity index (χ0v) is 16.4. The van der Waals surface area contributed by atoms with Crippen LogP contribution in [-0.2, 0) is 42.8 Å². The first-order valence-electron chi connectivity index (χ1n) is 9.02. The molecule has 28 heavy (non-hydrogen) atoms. The molecule has 0 radical (unpaired) electrons. The van der Waals surface area contributed by atoms with Crippen LogP contribution in [0.2, 0.25) is 0 Å². The molecule has 0 aromatic rings. The third kappa shape index (κ3) is 5.40. The average Bonchev–Trinajstić information content (AvgIpc) is 2.68. The summed E-state index contributed by atoms with van der Waals surface area (Å²) in [6.07, 6.45) is 1.10. The highest BCUT2D eigenvalue weighted by Crippen LogP contribution is 2.34. The molecule has 0 saturated heterocycles. The summed E-state index contributed by atoms with van der Waals surface area (Å²) in [4.78, 5) is 37.7. The van der Waals surface area contributed by atoms with Crippen molar-refractivity contribution in [2.24, 2.45) is 5.41 Å². The van der Waals surface area contributed by atoms with Gasteiger partial charge in [0, 0.05) is 5.57 Å². The normalized spacial score (nSPS) is 20.8. The number of hydrogen-bond acceptors (Lipinski definition) is 9.